The van der Waals surface area contributed by atoms with Crippen molar-refractivity contribution in [3.05, 3.63) is 18.3 Å². The summed E-state index contributed by atoms with van der Waals surface area (Å²) in [4.78, 5) is 28.6. The summed E-state index contributed by atoms with van der Waals surface area (Å²) in [5.41, 5.74) is 0.562. The summed E-state index contributed by atoms with van der Waals surface area (Å²) >= 11 is 0. The highest BCUT2D eigenvalue weighted by Gasteiger charge is 2.30. The molecule has 1 atom stereocenters. The van der Waals surface area contributed by atoms with Gasteiger partial charge in [0.05, 0.1) is 24.4 Å². The number of anilines is 1. The summed E-state index contributed by atoms with van der Waals surface area (Å²) in [5, 5.41) is 11.7. The second-order valence-electron chi connectivity index (χ2n) is 5.29. The molecule has 1 unspecified atom stereocenters. The highest BCUT2D eigenvalue weighted by molar-refractivity contribution is 5.89. The Labute approximate surface area is 129 Å². The van der Waals surface area contributed by atoms with Gasteiger partial charge in [0, 0.05) is 19.2 Å². The minimum absolute atomic E-state index is 0.243. The zero-order valence-electron chi connectivity index (χ0n) is 12.6. The van der Waals surface area contributed by atoms with Gasteiger partial charge in [0.2, 0.25) is 5.88 Å². The number of carboxylic acid groups (broad SMARTS) is 1. The molecule has 2 rings (SSSR count). The number of amides is 2. The van der Waals surface area contributed by atoms with Crippen LogP contribution in [-0.2, 0) is 4.79 Å². The lowest BCUT2D eigenvalue weighted by molar-refractivity contribution is -0.141. The summed E-state index contributed by atoms with van der Waals surface area (Å²) in [6, 6.07) is 3.12. The van der Waals surface area contributed by atoms with Crippen LogP contribution in [0.5, 0.6) is 5.88 Å². The lowest BCUT2D eigenvalue weighted by atomic mass is 10.1. The molecule has 0 aliphatic carbocycles. The van der Waals surface area contributed by atoms with Gasteiger partial charge < -0.3 is 20.1 Å². The van der Waals surface area contributed by atoms with Crippen LogP contribution >= 0.6 is 0 Å². The number of rotatable bonds is 6. The first-order chi connectivity index (χ1) is 10.6. The topological polar surface area (TPSA) is 91.8 Å². The number of hydrogen-bond acceptors (Lipinski definition) is 4. The highest BCUT2D eigenvalue weighted by atomic mass is 16.5. The van der Waals surface area contributed by atoms with E-state index in [1.54, 1.807) is 12.1 Å². The van der Waals surface area contributed by atoms with E-state index in [4.69, 9.17) is 9.84 Å². The number of aromatic nitrogens is 1. The smallest absolute Gasteiger partial charge is 0.321 e. The third-order valence-corrected chi connectivity index (χ3v) is 3.56. The summed E-state index contributed by atoms with van der Waals surface area (Å²) in [7, 11) is 0. The molecule has 1 aliphatic heterocycles. The van der Waals surface area contributed by atoms with Gasteiger partial charge in [0.15, 0.2) is 0 Å². The molecule has 2 heterocycles. The van der Waals surface area contributed by atoms with Gasteiger partial charge in [-0.25, -0.2) is 9.78 Å². The van der Waals surface area contributed by atoms with Crippen molar-refractivity contribution in [2.24, 2.45) is 5.92 Å². The third-order valence-electron chi connectivity index (χ3n) is 3.56. The molecule has 7 nitrogen and oxygen atoms in total. The van der Waals surface area contributed by atoms with Crippen molar-refractivity contribution in [1.29, 1.82) is 0 Å². The highest BCUT2D eigenvalue weighted by Crippen LogP contribution is 2.18. The normalized spacial score (nSPS) is 17.3. The van der Waals surface area contributed by atoms with Gasteiger partial charge in [-0.1, -0.05) is 13.3 Å². The Hall–Kier alpha value is -2.31. The Balaban J connectivity index is 1.83. The first-order valence-electron chi connectivity index (χ1n) is 7.47. The van der Waals surface area contributed by atoms with Gasteiger partial charge in [-0.3, -0.25) is 4.79 Å². The van der Waals surface area contributed by atoms with Crippen LogP contribution in [0.1, 0.15) is 26.2 Å². The van der Waals surface area contributed by atoms with Crippen molar-refractivity contribution in [3.63, 3.8) is 0 Å². The molecule has 7 heteroatoms. The van der Waals surface area contributed by atoms with Crippen molar-refractivity contribution in [2.45, 2.75) is 26.2 Å². The summed E-state index contributed by atoms with van der Waals surface area (Å²) < 4.78 is 5.45. The number of carboxylic acids is 1. The van der Waals surface area contributed by atoms with Crippen LogP contribution in [0, 0.1) is 5.92 Å². The molecule has 1 aliphatic rings. The van der Waals surface area contributed by atoms with E-state index in [-0.39, 0.29) is 12.6 Å². The van der Waals surface area contributed by atoms with Crippen LogP contribution < -0.4 is 10.1 Å². The molecule has 0 bridgehead atoms. The molecule has 0 aromatic carbocycles. The second-order valence-corrected chi connectivity index (χ2v) is 5.29. The van der Waals surface area contributed by atoms with Crippen molar-refractivity contribution < 1.29 is 19.4 Å². The zero-order valence-corrected chi connectivity index (χ0v) is 12.6. The minimum atomic E-state index is -0.856. The Kier molecular flexibility index (Phi) is 5.57. The Morgan fingerprint density at radius 2 is 2.32 bits per heavy atom. The van der Waals surface area contributed by atoms with Crippen LogP contribution in [0.3, 0.4) is 0 Å². The fourth-order valence-electron chi connectivity index (χ4n) is 2.21. The maximum Gasteiger partial charge on any atom is 0.321 e. The van der Waals surface area contributed by atoms with Gasteiger partial charge in [-0.2, -0.15) is 0 Å². The summed E-state index contributed by atoms with van der Waals surface area (Å²) in [5.74, 6) is -0.803. The van der Waals surface area contributed by atoms with Crippen molar-refractivity contribution in [3.8, 4) is 5.88 Å². The van der Waals surface area contributed by atoms with E-state index in [0.29, 0.717) is 31.1 Å². The molecular weight excluding hydrogens is 286 g/mol. The van der Waals surface area contributed by atoms with E-state index in [1.165, 1.54) is 11.1 Å². The van der Waals surface area contributed by atoms with Crippen LogP contribution in [0.4, 0.5) is 10.5 Å². The number of likely N-dealkylation sites (tertiary alicyclic amines) is 1. The molecule has 120 valence electrons. The number of nitrogens with zero attached hydrogens (tertiary/aromatic N) is 2. The Morgan fingerprint density at radius 3 is 2.91 bits per heavy atom. The predicted molar refractivity (Wildman–Crippen MR) is 81.0 cm³/mol. The van der Waals surface area contributed by atoms with E-state index in [0.717, 1.165) is 12.8 Å². The monoisotopic (exact) mass is 307 g/mol. The number of hydrogen-bond donors (Lipinski definition) is 2. The lowest BCUT2D eigenvalue weighted by Crippen LogP contribution is -2.33. The first kappa shape index (κ1) is 16.1. The molecule has 22 heavy (non-hydrogen) atoms. The van der Waals surface area contributed by atoms with E-state index in [2.05, 4.69) is 17.2 Å². The van der Waals surface area contributed by atoms with Crippen LogP contribution in [0.25, 0.3) is 0 Å². The van der Waals surface area contributed by atoms with Gasteiger partial charge in [-0.05, 0) is 18.9 Å². The third kappa shape index (κ3) is 4.34. The predicted octanol–water partition coefficient (Wildman–Crippen LogP) is 2.20. The average Bonchev–Trinajstić information content (AvgIpc) is 2.99. The first-order valence-corrected chi connectivity index (χ1v) is 7.47. The van der Waals surface area contributed by atoms with Gasteiger partial charge in [0.25, 0.3) is 0 Å². The van der Waals surface area contributed by atoms with Crippen LogP contribution in [0.15, 0.2) is 18.3 Å². The second kappa shape index (κ2) is 7.63. The fraction of sp³-hybridized carbons (Fsp3) is 0.533. The molecule has 1 aromatic rings. The molecule has 0 radical (unpaired) electrons. The number of unbranched alkanes of at least 4 members (excludes halogenated alkanes) is 1. The molecule has 2 amide bonds. The molecule has 1 fully saturated rings. The van der Waals surface area contributed by atoms with E-state index in [9.17, 15) is 9.59 Å². The van der Waals surface area contributed by atoms with Crippen molar-refractivity contribution in [2.75, 3.05) is 25.0 Å². The molecular formula is C15H21N3O4. The SMILES string of the molecule is CCCCOc1ccc(NC(=O)N2CCC(C(=O)O)C2)cn1. The number of urea groups is 1. The zero-order chi connectivity index (χ0) is 15.9. The lowest BCUT2D eigenvalue weighted by Gasteiger charge is -2.16. The quantitative estimate of drug-likeness (QED) is 0.786. The van der Waals surface area contributed by atoms with Gasteiger partial charge in [-0.15, -0.1) is 0 Å². The van der Waals surface area contributed by atoms with Gasteiger partial charge in [0.1, 0.15) is 0 Å². The molecule has 0 spiro atoms. The van der Waals surface area contributed by atoms with E-state index < -0.39 is 11.9 Å². The summed E-state index contributed by atoms with van der Waals surface area (Å²) in [6.07, 6.45) is 4.05. The van der Waals surface area contributed by atoms with E-state index in [1.807, 2.05) is 0 Å². The Morgan fingerprint density at radius 1 is 1.50 bits per heavy atom. The van der Waals surface area contributed by atoms with Crippen molar-refractivity contribution >= 4 is 17.7 Å². The van der Waals surface area contributed by atoms with Crippen molar-refractivity contribution in [1.82, 2.24) is 9.88 Å². The number of ether oxygens (including phenoxy) is 1. The largest absolute Gasteiger partial charge is 0.481 e. The Bertz CT molecular complexity index is 518. The number of aliphatic carboxylic acids is 1. The van der Waals surface area contributed by atoms with Crippen LogP contribution in [0.2, 0.25) is 0 Å². The van der Waals surface area contributed by atoms with E-state index >= 15 is 0 Å². The maximum absolute atomic E-state index is 12.0. The standard InChI is InChI=1S/C15H21N3O4/c1-2-3-8-22-13-5-4-12(9-16-13)17-15(21)18-7-6-11(10-18)14(19)20/h4-5,9,11H,2-3,6-8,10H2,1H3,(H,17,21)(H,19,20). The van der Waals surface area contributed by atoms with Gasteiger partial charge >= 0.3 is 12.0 Å². The molecule has 2 N–H and O–H groups in total. The fourth-order valence-corrected chi connectivity index (χ4v) is 2.21. The number of pyridine rings is 1. The number of carbonyl (C=O) groups excluding carboxylic acids is 1. The number of carbonyl (C=O) groups is 2. The van der Waals surface area contributed by atoms with Crippen LogP contribution in [-0.4, -0.2) is 46.7 Å². The number of nitrogens with one attached hydrogen (secondary N) is 1. The molecule has 1 aromatic heterocycles. The molecule has 1 saturated heterocycles. The average molecular weight is 307 g/mol. The maximum atomic E-state index is 12.0. The summed E-state index contributed by atoms with van der Waals surface area (Å²) in [6.45, 7) is 3.41. The molecule has 0 saturated carbocycles. The minimum Gasteiger partial charge on any atom is -0.481 e.